The zero-order valence-electron chi connectivity index (χ0n) is 15.1. The number of methoxy groups -OCH3 is 1. The summed E-state index contributed by atoms with van der Waals surface area (Å²) in [5.41, 5.74) is 2.04. The van der Waals surface area contributed by atoms with E-state index in [4.69, 9.17) is 0 Å². The Bertz CT molecular complexity index is 1000. The van der Waals surface area contributed by atoms with Gasteiger partial charge in [0.1, 0.15) is 4.90 Å². The van der Waals surface area contributed by atoms with Crippen molar-refractivity contribution in [3.05, 3.63) is 53.6 Å². The number of aryl methyl sites for hydroxylation is 1. The van der Waals surface area contributed by atoms with E-state index < -0.39 is 16.0 Å². The van der Waals surface area contributed by atoms with Crippen LogP contribution in [0.2, 0.25) is 0 Å². The molecule has 27 heavy (non-hydrogen) atoms. The Kier molecular flexibility index (Phi) is 5.18. The first kappa shape index (κ1) is 18.9. The number of sulfonamides is 1. The maximum atomic E-state index is 12.8. The van der Waals surface area contributed by atoms with E-state index in [0.29, 0.717) is 25.1 Å². The van der Waals surface area contributed by atoms with E-state index >= 15 is 0 Å². The van der Waals surface area contributed by atoms with Crippen LogP contribution in [-0.4, -0.2) is 33.9 Å². The average molecular weight is 388 g/mol. The smallest absolute Gasteiger partial charge is 0.339 e. The van der Waals surface area contributed by atoms with Crippen LogP contribution in [0, 0.1) is 0 Å². The van der Waals surface area contributed by atoms with Crippen molar-refractivity contribution in [1.82, 2.24) is 0 Å². The predicted molar refractivity (Wildman–Crippen MR) is 101 cm³/mol. The van der Waals surface area contributed by atoms with Crippen LogP contribution in [-0.2, 0) is 26.0 Å². The Labute approximate surface area is 158 Å². The normalized spacial score (nSPS) is 13.9. The van der Waals surface area contributed by atoms with Gasteiger partial charge in [0.2, 0.25) is 5.91 Å². The molecule has 142 valence electrons. The van der Waals surface area contributed by atoms with Gasteiger partial charge in [-0.1, -0.05) is 12.1 Å². The van der Waals surface area contributed by atoms with Crippen molar-refractivity contribution in [2.45, 2.75) is 24.7 Å². The first-order valence-corrected chi connectivity index (χ1v) is 9.99. The molecule has 0 radical (unpaired) electrons. The second-order valence-corrected chi connectivity index (χ2v) is 7.73. The fraction of sp³-hybridized carbons (Fsp3) is 0.263. The third-order valence-electron chi connectivity index (χ3n) is 4.43. The third kappa shape index (κ3) is 3.66. The van der Waals surface area contributed by atoms with E-state index in [9.17, 15) is 18.0 Å². The van der Waals surface area contributed by atoms with Gasteiger partial charge in [-0.2, -0.15) is 0 Å². The van der Waals surface area contributed by atoms with Crippen LogP contribution in [0.15, 0.2) is 47.4 Å². The molecule has 0 spiro atoms. The molecular weight excluding hydrogens is 368 g/mol. The van der Waals surface area contributed by atoms with E-state index in [1.807, 2.05) is 6.92 Å². The maximum Gasteiger partial charge on any atom is 0.339 e. The van der Waals surface area contributed by atoms with Crippen LogP contribution in [0.5, 0.6) is 0 Å². The second kappa shape index (κ2) is 7.40. The molecule has 1 heterocycles. The Morgan fingerprint density at radius 1 is 1.19 bits per heavy atom. The Morgan fingerprint density at radius 2 is 1.93 bits per heavy atom. The van der Waals surface area contributed by atoms with Gasteiger partial charge >= 0.3 is 5.97 Å². The third-order valence-corrected chi connectivity index (χ3v) is 5.87. The molecule has 0 aromatic heterocycles. The first-order chi connectivity index (χ1) is 12.9. The van der Waals surface area contributed by atoms with Gasteiger partial charge in [0.25, 0.3) is 10.0 Å². The highest BCUT2D eigenvalue weighted by atomic mass is 32.2. The fourth-order valence-corrected chi connectivity index (χ4v) is 4.41. The first-order valence-electron chi connectivity index (χ1n) is 8.51. The van der Waals surface area contributed by atoms with Gasteiger partial charge in [0.05, 0.1) is 12.7 Å². The minimum Gasteiger partial charge on any atom is -0.465 e. The van der Waals surface area contributed by atoms with Crippen LogP contribution in [0.1, 0.15) is 29.3 Å². The van der Waals surface area contributed by atoms with Crippen LogP contribution in [0.3, 0.4) is 0 Å². The van der Waals surface area contributed by atoms with E-state index in [2.05, 4.69) is 9.46 Å². The summed E-state index contributed by atoms with van der Waals surface area (Å²) in [6.45, 7) is 2.46. The van der Waals surface area contributed by atoms with E-state index in [1.165, 1.54) is 19.2 Å². The van der Waals surface area contributed by atoms with Gasteiger partial charge in [0, 0.05) is 24.3 Å². The highest BCUT2D eigenvalue weighted by molar-refractivity contribution is 7.92. The summed E-state index contributed by atoms with van der Waals surface area (Å²) < 4.78 is 32.8. The summed E-state index contributed by atoms with van der Waals surface area (Å²) in [5.74, 6) is -0.663. The second-order valence-electron chi connectivity index (χ2n) is 6.07. The summed E-state index contributed by atoms with van der Waals surface area (Å²) in [5, 5.41) is 0. The van der Waals surface area contributed by atoms with Crippen molar-refractivity contribution in [2.75, 3.05) is 23.3 Å². The number of fused-ring (bicyclic) bond motifs is 1. The quantitative estimate of drug-likeness (QED) is 0.795. The number of nitrogens with one attached hydrogen (secondary N) is 1. The lowest BCUT2D eigenvalue weighted by Gasteiger charge is -2.28. The molecule has 0 unspecified atom stereocenters. The summed E-state index contributed by atoms with van der Waals surface area (Å²) in [6.07, 6.45) is 0.946. The predicted octanol–water partition coefficient (Wildman–Crippen LogP) is 2.57. The van der Waals surface area contributed by atoms with Gasteiger partial charge in [-0.15, -0.1) is 0 Å². The summed E-state index contributed by atoms with van der Waals surface area (Å²) >= 11 is 0. The Balaban J connectivity index is 1.94. The molecule has 1 aliphatic rings. The molecule has 8 heteroatoms. The Morgan fingerprint density at radius 3 is 2.63 bits per heavy atom. The number of ether oxygens (including phenoxy) is 1. The van der Waals surface area contributed by atoms with Crippen molar-refractivity contribution in [2.24, 2.45) is 0 Å². The molecule has 3 rings (SSSR count). The molecule has 1 N–H and O–H groups in total. The SMILES string of the molecule is CCN1C(=O)CCc2cc(NS(=O)(=O)c3ccccc3C(=O)OC)ccc21. The van der Waals surface area contributed by atoms with Crippen LogP contribution in [0.25, 0.3) is 0 Å². The van der Waals surface area contributed by atoms with Crippen LogP contribution >= 0.6 is 0 Å². The monoisotopic (exact) mass is 388 g/mol. The van der Waals surface area contributed by atoms with Crippen molar-refractivity contribution in [3.8, 4) is 0 Å². The van der Waals surface area contributed by atoms with E-state index in [0.717, 1.165) is 11.3 Å². The van der Waals surface area contributed by atoms with Crippen LogP contribution < -0.4 is 9.62 Å². The lowest BCUT2D eigenvalue weighted by molar-refractivity contribution is -0.118. The number of nitrogens with zero attached hydrogens (tertiary/aromatic N) is 1. The summed E-state index contributed by atoms with van der Waals surface area (Å²) in [4.78, 5) is 25.4. The molecule has 2 aromatic carbocycles. The van der Waals surface area contributed by atoms with Crippen molar-refractivity contribution in [3.63, 3.8) is 0 Å². The Hall–Kier alpha value is -2.87. The molecule has 0 saturated heterocycles. The zero-order valence-corrected chi connectivity index (χ0v) is 15.9. The number of benzene rings is 2. The minimum absolute atomic E-state index is 0.0341. The van der Waals surface area contributed by atoms with Gasteiger partial charge < -0.3 is 9.64 Å². The van der Waals surface area contributed by atoms with Crippen molar-refractivity contribution >= 4 is 33.3 Å². The van der Waals surface area contributed by atoms with Gasteiger partial charge in [-0.25, -0.2) is 13.2 Å². The standard InChI is InChI=1S/C19H20N2O5S/c1-3-21-16-10-9-14(12-13(16)8-11-18(21)22)20-27(24,25)17-7-5-4-6-15(17)19(23)26-2/h4-7,9-10,12,20H,3,8,11H2,1-2H3. The van der Waals surface area contributed by atoms with Crippen LogP contribution in [0.4, 0.5) is 11.4 Å². The summed E-state index contributed by atoms with van der Waals surface area (Å²) in [6, 6.07) is 10.9. The topological polar surface area (TPSA) is 92.8 Å². The number of hydrogen-bond donors (Lipinski definition) is 1. The average Bonchev–Trinajstić information content (AvgIpc) is 2.67. The number of carbonyl (C=O) groups is 2. The molecule has 1 amide bonds. The summed E-state index contributed by atoms with van der Waals surface area (Å²) in [7, 11) is -2.79. The minimum atomic E-state index is -3.99. The molecular formula is C19H20N2O5S. The molecule has 2 aromatic rings. The van der Waals surface area contributed by atoms with E-state index in [-0.39, 0.29) is 16.4 Å². The fourth-order valence-electron chi connectivity index (χ4n) is 3.16. The molecule has 0 atom stereocenters. The number of anilines is 2. The molecule has 1 aliphatic heterocycles. The number of rotatable bonds is 5. The lowest BCUT2D eigenvalue weighted by Crippen LogP contribution is -2.34. The number of carbonyl (C=O) groups excluding carboxylic acids is 2. The lowest BCUT2D eigenvalue weighted by atomic mass is 10.0. The zero-order chi connectivity index (χ0) is 19.6. The molecule has 0 saturated carbocycles. The molecule has 7 nitrogen and oxygen atoms in total. The highest BCUT2D eigenvalue weighted by Crippen LogP contribution is 2.31. The number of hydrogen-bond acceptors (Lipinski definition) is 5. The molecule has 0 aliphatic carbocycles. The van der Waals surface area contributed by atoms with Crippen molar-refractivity contribution in [1.29, 1.82) is 0 Å². The van der Waals surface area contributed by atoms with Crippen molar-refractivity contribution < 1.29 is 22.7 Å². The maximum absolute atomic E-state index is 12.8. The number of amides is 1. The largest absolute Gasteiger partial charge is 0.465 e. The van der Waals surface area contributed by atoms with Gasteiger partial charge in [-0.3, -0.25) is 9.52 Å². The van der Waals surface area contributed by atoms with E-state index in [1.54, 1.807) is 35.2 Å². The molecule has 0 bridgehead atoms. The number of esters is 1. The highest BCUT2D eigenvalue weighted by Gasteiger charge is 2.25. The van der Waals surface area contributed by atoms with Gasteiger partial charge in [-0.05, 0) is 49.2 Å². The van der Waals surface area contributed by atoms with Gasteiger partial charge in [0.15, 0.2) is 0 Å². The molecule has 0 fully saturated rings.